The molecular weight excluding hydrogens is 355 g/mol. The normalized spacial score (nSPS) is 11.8. The Morgan fingerprint density at radius 2 is 1.92 bits per heavy atom. The maximum absolute atomic E-state index is 12.1. The number of rotatable bonds is 9. The first-order valence-corrected chi connectivity index (χ1v) is 8.59. The number of alkyl halides is 2. The number of halogens is 2. The fourth-order valence-electron chi connectivity index (χ4n) is 2.17. The van der Waals surface area contributed by atoms with Crippen LogP contribution >= 0.6 is 23.2 Å². The molecule has 1 atom stereocenters. The average molecular weight is 377 g/mol. The van der Waals surface area contributed by atoms with Crippen LogP contribution in [-0.4, -0.2) is 53.0 Å². The first-order valence-electron chi connectivity index (χ1n) is 7.53. The molecular formula is C16H22Cl2N2O4. The second-order valence-corrected chi connectivity index (χ2v) is 6.14. The van der Waals surface area contributed by atoms with Crippen LogP contribution in [0, 0.1) is 6.92 Å². The molecule has 0 spiro atoms. The first kappa shape index (κ1) is 20.5. The molecule has 0 heterocycles. The van der Waals surface area contributed by atoms with Crippen LogP contribution in [0.25, 0.3) is 0 Å². The van der Waals surface area contributed by atoms with Gasteiger partial charge < -0.3 is 20.5 Å². The van der Waals surface area contributed by atoms with Gasteiger partial charge >= 0.3 is 12.1 Å². The zero-order chi connectivity index (χ0) is 18.1. The molecule has 1 amide bonds. The molecule has 0 fully saturated rings. The number of hydrogen-bond acceptors (Lipinski definition) is 4. The average Bonchev–Trinajstić information content (AvgIpc) is 2.49. The van der Waals surface area contributed by atoms with Gasteiger partial charge in [0.15, 0.2) is 0 Å². The van der Waals surface area contributed by atoms with Crippen molar-refractivity contribution < 1.29 is 19.4 Å². The van der Waals surface area contributed by atoms with Crippen molar-refractivity contribution in [2.24, 2.45) is 5.73 Å². The highest BCUT2D eigenvalue weighted by atomic mass is 35.5. The summed E-state index contributed by atoms with van der Waals surface area (Å²) in [6.45, 7) is 2.58. The van der Waals surface area contributed by atoms with E-state index < -0.39 is 18.1 Å². The van der Waals surface area contributed by atoms with E-state index in [2.05, 4.69) is 0 Å². The number of aryl methyl sites for hydroxylation is 1. The quantitative estimate of drug-likeness (QED) is 0.646. The SMILES string of the molecule is Cc1ccc(OC(=O)N(CCCl)CCCl)cc1C[C@H](N)CC(=O)O. The number of aliphatic carboxylic acids is 1. The Kier molecular flexibility index (Phi) is 8.89. The summed E-state index contributed by atoms with van der Waals surface area (Å²) in [7, 11) is 0. The lowest BCUT2D eigenvalue weighted by atomic mass is 9.99. The minimum Gasteiger partial charge on any atom is -0.481 e. The van der Waals surface area contributed by atoms with Gasteiger partial charge in [-0.25, -0.2) is 4.79 Å². The second kappa shape index (κ2) is 10.4. The van der Waals surface area contributed by atoms with E-state index >= 15 is 0 Å². The summed E-state index contributed by atoms with van der Waals surface area (Å²) in [5.41, 5.74) is 7.62. The summed E-state index contributed by atoms with van der Waals surface area (Å²) in [6.07, 6.45) is -0.264. The van der Waals surface area contributed by atoms with Crippen LogP contribution in [0.5, 0.6) is 5.75 Å². The lowest BCUT2D eigenvalue weighted by molar-refractivity contribution is -0.137. The number of carbonyl (C=O) groups excluding carboxylic acids is 1. The van der Waals surface area contributed by atoms with Gasteiger partial charge in [-0.05, 0) is 36.6 Å². The summed E-state index contributed by atoms with van der Waals surface area (Å²) in [5, 5.41) is 8.79. The molecule has 8 heteroatoms. The Morgan fingerprint density at radius 3 is 2.46 bits per heavy atom. The Balaban J connectivity index is 2.80. The predicted molar refractivity (Wildman–Crippen MR) is 94.1 cm³/mol. The van der Waals surface area contributed by atoms with Crippen molar-refractivity contribution in [3.63, 3.8) is 0 Å². The van der Waals surface area contributed by atoms with Crippen molar-refractivity contribution in [1.82, 2.24) is 4.90 Å². The van der Waals surface area contributed by atoms with Crippen molar-refractivity contribution in [3.05, 3.63) is 29.3 Å². The van der Waals surface area contributed by atoms with E-state index in [0.29, 0.717) is 25.3 Å². The minimum absolute atomic E-state index is 0.122. The molecule has 6 nitrogen and oxygen atoms in total. The Hall–Kier alpha value is -1.50. The van der Waals surface area contributed by atoms with Gasteiger partial charge in [-0.1, -0.05) is 6.07 Å². The van der Waals surface area contributed by atoms with Crippen molar-refractivity contribution in [1.29, 1.82) is 0 Å². The zero-order valence-corrected chi connectivity index (χ0v) is 15.0. The first-order chi connectivity index (χ1) is 11.4. The largest absolute Gasteiger partial charge is 0.481 e. The summed E-state index contributed by atoms with van der Waals surface area (Å²) >= 11 is 11.3. The lowest BCUT2D eigenvalue weighted by Crippen LogP contribution is -2.36. The number of amides is 1. The smallest absolute Gasteiger partial charge is 0.415 e. The van der Waals surface area contributed by atoms with E-state index in [4.69, 9.17) is 38.8 Å². The van der Waals surface area contributed by atoms with Gasteiger partial charge in [0, 0.05) is 30.9 Å². The van der Waals surface area contributed by atoms with E-state index in [9.17, 15) is 9.59 Å². The van der Waals surface area contributed by atoms with Gasteiger partial charge in [-0.2, -0.15) is 0 Å². The third-order valence-corrected chi connectivity index (χ3v) is 3.75. The number of hydrogen-bond donors (Lipinski definition) is 2. The van der Waals surface area contributed by atoms with Crippen LogP contribution in [0.1, 0.15) is 17.5 Å². The second-order valence-electron chi connectivity index (χ2n) is 5.38. The third kappa shape index (κ3) is 6.95. The van der Waals surface area contributed by atoms with Crippen molar-refractivity contribution in [3.8, 4) is 5.75 Å². The van der Waals surface area contributed by atoms with Crippen LogP contribution in [-0.2, 0) is 11.2 Å². The van der Waals surface area contributed by atoms with E-state index in [1.165, 1.54) is 4.90 Å². The van der Waals surface area contributed by atoms with Gasteiger partial charge in [0.2, 0.25) is 0 Å². The molecule has 1 aromatic carbocycles. The molecule has 1 rings (SSSR count). The fourth-order valence-corrected chi connectivity index (χ4v) is 2.58. The van der Waals surface area contributed by atoms with Crippen LogP contribution in [0.2, 0.25) is 0 Å². The van der Waals surface area contributed by atoms with Gasteiger partial charge in [-0.3, -0.25) is 4.79 Å². The van der Waals surface area contributed by atoms with E-state index in [-0.39, 0.29) is 18.2 Å². The topological polar surface area (TPSA) is 92.9 Å². The van der Waals surface area contributed by atoms with E-state index in [1.807, 2.05) is 6.92 Å². The van der Waals surface area contributed by atoms with Crippen molar-refractivity contribution in [2.75, 3.05) is 24.8 Å². The molecule has 24 heavy (non-hydrogen) atoms. The van der Waals surface area contributed by atoms with Crippen molar-refractivity contribution in [2.45, 2.75) is 25.8 Å². The number of ether oxygens (including phenoxy) is 1. The molecule has 1 aromatic rings. The molecule has 0 aliphatic carbocycles. The Morgan fingerprint density at radius 1 is 1.29 bits per heavy atom. The monoisotopic (exact) mass is 376 g/mol. The lowest BCUT2D eigenvalue weighted by Gasteiger charge is -2.20. The Labute approximate surface area is 151 Å². The molecule has 134 valence electrons. The van der Waals surface area contributed by atoms with Gasteiger partial charge in [0.05, 0.1) is 6.42 Å². The minimum atomic E-state index is -0.944. The molecule has 0 bridgehead atoms. The summed E-state index contributed by atoms with van der Waals surface area (Å²) < 4.78 is 5.35. The Bertz CT molecular complexity index is 563. The van der Waals surface area contributed by atoms with Crippen LogP contribution < -0.4 is 10.5 Å². The molecule has 0 aromatic heterocycles. The van der Waals surface area contributed by atoms with Crippen LogP contribution in [0.4, 0.5) is 4.79 Å². The highest BCUT2D eigenvalue weighted by Crippen LogP contribution is 2.20. The summed E-state index contributed by atoms with van der Waals surface area (Å²) in [4.78, 5) is 24.3. The number of carboxylic acids is 1. The standard InChI is InChI=1S/C16H22Cl2N2O4/c1-11-2-3-14(9-12(11)8-13(19)10-15(21)22)24-16(23)20(6-4-17)7-5-18/h2-3,9,13H,4-8,10,19H2,1H3,(H,21,22)/t13-/m0/s1. The van der Waals surface area contributed by atoms with Crippen LogP contribution in [0.3, 0.4) is 0 Å². The van der Waals surface area contributed by atoms with Gasteiger partial charge in [-0.15, -0.1) is 23.2 Å². The molecule has 0 unspecified atom stereocenters. The van der Waals surface area contributed by atoms with E-state index in [1.54, 1.807) is 18.2 Å². The van der Waals surface area contributed by atoms with Gasteiger partial charge in [0.1, 0.15) is 5.75 Å². The summed E-state index contributed by atoms with van der Waals surface area (Å²) in [5.74, 6) is 0.00228. The molecule has 0 radical (unpaired) electrons. The number of benzene rings is 1. The molecule has 3 N–H and O–H groups in total. The van der Waals surface area contributed by atoms with E-state index in [0.717, 1.165) is 11.1 Å². The van der Waals surface area contributed by atoms with Crippen LogP contribution in [0.15, 0.2) is 18.2 Å². The van der Waals surface area contributed by atoms with Crippen molar-refractivity contribution >= 4 is 35.3 Å². The maximum atomic E-state index is 12.1. The number of carboxylic acid groups (broad SMARTS) is 1. The van der Waals surface area contributed by atoms with Gasteiger partial charge in [0.25, 0.3) is 0 Å². The predicted octanol–water partition coefficient (Wildman–Crippen LogP) is 2.62. The highest BCUT2D eigenvalue weighted by molar-refractivity contribution is 6.18. The molecule has 0 aliphatic heterocycles. The number of nitrogens with zero attached hydrogens (tertiary/aromatic N) is 1. The number of nitrogens with two attached hydrogens (primary N) is 1. The molecule has 0 saturated heterocycles. The number of carbonyl (C=O) groups is 2. The highest BCUT2D eigenvalue weighted by Gasteiger charge is 2.16. The maximum Gasteiger partial charge on any atom is 0.415 e. The molecule has 0 saturated carbocycles. The fraction of sp³-hybridized carbons (Fsp3) is 0.500. The zero-order valence-electron chi connectivity index (χ0n) is 13.5. The summed E-state index contributed by atoms with van der Waals surface area (Å²) in [6, 6.07) is 4.68. The third-order valence-electron chi connectivity index (χ3n) is 3.41. The molecule has 0 aliphatic rings.